The van der Waals surface area contributed by atoms with Gasteiger partial charge in [0, 0.05) is 38.7 Å². The lowest BCUT2D eigenvalue weighted by molar-refractivity contribution is -0.114. The smallest absolute Gasteiger partial charge is 0.272 e. The fourth-order valence-corrected chi connectivity index (χ4v) is 2.82. The van der Waals surface area contributed by atoms with Gasteiger partial charge in [-0.25, -0.2) is 0 Å². The lowest BCUT2D eigenvalue weighted by atomic mass is 9.98. The molecule has 2 rings (SSSR count). The SMILES string of the molecule is CCCn1ccc(NC(C)=O)c1C(=O)N1CCC(C=O)CC1. The molecule has 1 saturated heterocycles. The summed E-state index contributed by atoms with van der Waals surface area (Å²) in [6.45, 7) is 5.37. The van der Waals surface area contributed by atoms with Gasteiger partial charge in [-0.15, -0.1) is 0 Å². The van der Waals surface area contributed by atoms with Crippen LogP contribution in [-0.2, 0) is 16.1 Å². The molecule has 1 aliphatic rings. The topological polar surface area (TPSA) is 71.4 Å². The summed E-state index contributed by atoms with van der Waals surface area (Å²) in [7, 11) is 0. The molecule has 0 spiro atoms. The minimum atomic E-state index is -0.192. The Hall–Kier alpha value is -2.11. The molecule has 0 bridgehead atoms. The van der Waals surface area contributed by atoms with Crippen molar-refractivity contribution in [3.05, 3.63) is 18.0 Å². The molecule has 0 aliphatic carbocycles. The molecule has 1 N–H and O–H groups in total. The number of piperidine rings is 1. The summed E-state index contributed by atoms with van der Waals surface area (Å²) in [4.78, 5) is 36.7. The number of carbonyl (C=O) groups is 3. The maximum Gasteiger partial charge on any atom is 0.272 e. The van der Waals surface area contributed by atoms with Crippen molar-refractivity contribution in [2.45, 2.75) is 39.7 Å². The van der Waals surface area contributed by atoms with Crippen LogP contribution in [0.3, 0.4) is 0 Å². The third kappa shape index (κ3) is 3.55. The molecule has 2 heterocycles. The number of aldehydes is 1. The number of aryl methyl sites for hydroxylation is 1. The number of hydrogen-bond donors (Lipinski definition) is 1. The third-order valence-corrected chi connectivity index (χ3v) is 3.96. The first-order chi connectivity index (χ1) is 10.6. The first kappa shape index (κ1) is 16.3. The first-order valence-electron chi connectivity index (χ1n) is 7.78. The molecular formula is C16H23N3O3. The van der Waals surface area contributed by atoms with Crippen LogP contribution >= 0.6 is 0 Å². The lowest BCUT2D eigenvalue weighted by Crippen LogP contribution is -2.40. The summed E-state index contributed by atoms with van der Waals surface area (Å²) >= 11 is 0. The summed E-state index contributed by atoms with van der Waals surface area (Å²) in [6, 6.07) is 1.77. The monoisotopic (exact) mass is 305 g/mol. The second kappa shape index (κ2) is 7.24. The molecule has 1 aliphatic heterocycles. The van der Waals surface area contributed by atoms with Crippen LogP contribution in [0.4, 0.5) is 5.69 Å². The van der Waals surface area contributed by atoms with Crippen LogP contribution in [0.1, 0.15) is 43.6 Å². The van der Waals surface area contributed by atoms with Crippen molar-refractivity contribution in [1.29, 1.82) is 0 Å². The number of nitrogens with zero attached hydrogens (tertiary/aromatic N) is 2. The quantitative estimate of drug-likeness (QED) is 0.845. The van der Waals surface area contributed by atoms with Gasteiger partial charge in [-0.2, -0.15) is 0 Å². The van der Waals surface area contributed by atoms with Crippen LogP contribution in [0.2, 0.25) is 0 Å². The number of likely N-dealkylation sites (tertiary alicyclic amines) is 1. The van der Waals surface area contributed by atoms with Crippen LogP contribution in [-0.4, -0.2) is 40.7 Å². The predicted molar refractivity (Wildman–Crippen MR) is 83.7 cm³/mol. The van der Waals surface area contributed by atoms with Gasteiger partial charge in [0.15, 0.2) is 0 Å². The molecule has 0 unspecified atom stereocenters. The molecule has 120 valence electrons. The fraction of sp³-hybridized carbons (Fsp3) is 0.562. The van der Waals surface area contributed by atoms with E-state index in [-0.39, 0.29) is 17.7 Å². The molecule has 1 aromatic rings. The molecule has 1 fully saturated rings. The number of aromatic nitrogens is 1. The molecule has 0 radical (unpaired) electrons. The standard InChI is InChI=1S/C16H23N3O3/c1-3-7-18-10-6-14(17-12(2)21)15(18)16(22)19-8-4-13(11-20)5-9-19/h6,10-11,13H,3-5,7-9H2,1-2H3,(H,17,21). The maximum absolute atomic E-state index is 12.8. The van der Waals surface area contributed by atoms with Gasteiger partial charge in [-0.05, 0) is 25.3 Å². The van der Waals surface area contributed by atoms with Crippen molar-refractivity contribution in [1.82, 2.24) is 9.47 Å². The Morgan fingerprint density at radius 1 is 1.36 bits per heavy atom. The molecule has 1 aromatic heterocycles. The van der Waals surface area contributed by atoms with Crippen LogP contribution < -0.4 is 5.32 Å². The van der Waals surface area contributed by atoms with Gasteiger partial charge < -0.3 is 19.6 Å². The Labute approximate surface area is 130 Å². The highest BCUT2D eigenvalue weighted by molar-refractivity contribution is 6.02. The van der Waals surface area contributed by atoms with Crippen molar-refractivity contribution in [2.75, 3.05) is 18.4 Å². The highest BCUT2D eigenvalue weighted by atomic mass is 16.2. The van der Waals surface area contributed by atoms with E-state index in [1.807, 2.05) is 17.7 Å². The second-order valence-corrected chi connectivity index (χ2v) is 5.72. The lowest BCUT2D eigenvalue weighted by Gasteiger charge is -2.30. The summed E-state index contributed by atoms with van der Waals surface area (Å²) in [5, 5.41) is 2.73. The van der Waals surface area contributed by atoms with Crippen molar-refractivity contribution in [3.8, 4) is 0 Å². The van der Waals surface area contributed by atoms with E-state index < -0.39 is 0 Å². The number of carbonyl (C=O) groups excluding carboxylic acids is 3. The maximum atomic E-state index is 12.8. The predicted octanol–water partition coefficient (Wildman–Crippen LogP) is 1.91. The molecule has 0 atom stereocenters. The Morgan fingerprint density at radius 2 is 2.05 bits per heavy atom. The second-order valence-electron chi connectivity index (χ2n) is 5.72. The van der Waals surface area contributed by atoms with E-state index in [1.54, 1.807) is 11.0 Å². The van der Waals surface area contributed by atoms with Crippen molar-refractivity contribution >= 4 is 23.8 Å². The molecular weight excluding hydrogens is 282 g/mol. The Balaban J connectivity index is 2.21. The highest BCUT2D eigenvalue weighted by Gasteiger charge is 2.27. The molecule has 6 nitrogen and oxygen atoms in total. The Morgan fingerprint density at radius 3 is 2.59 bits per heavy atom. The normalized spacial score (nSPS) is 15.6. The zero-order valence-corrected chi connectivity index (χ0v) is 13.2. The van der Waals surface area contributed by atoms with Gasteiger partial charge in [0.1, 0.15) is 12.0 Å². The zero-order valence-electron chi connectivity index (χ0n) is 13.2. The van der Waals surface area contributed by atoms with Gasteiger partial charge >= 0.3 is 0 Å². The van der Waals surface area contributed by atoms with Gasteiger partial charge in [-0.1, -0.05) is 6.92 Å². The van der Waals surface area contributed by atoms with Gasteiger partial charge in [0.2, 0.25) is 5.91 Å². The minimum absolute atomic E-state index is 0.0568. The first-order valence-corrected chi connectivity index (χ1v) is 7.78. The fourth-order valence-electron chi connectivity index (χ4n) is 2.82. The molecule has 2 amide bonds. The Bertz CT molecular complexity index is 557. The molecule has 0 saturated carbocycles. The van der Waals surface area contributed by atoms with E-state index in [2.05, 4.69) is 5.32 Å². The average molecular weight is 305 g/mol. The molecule has 6 heteroatoms. The Kier molecular flexibility index (Phi) is 5.35. The van der Waals surface area contributed by atoms with E-state index in [1.165, 1.54) is 6.92 Å². The molecule has 0 aromatic carbocycles. The summed E-state index contributed by atoms with van der Waals surface area (Å²) in [6.07, 6.45) is 5.13. The van der Waals surface area contributed by atoms with E-state index in [4.69, 9.17) is 0 Å². The van der Waals surface area contributed by atoms with E-state index >= 15 is 0 Å². The van der Waals surface area contributed by atoms with E-state index in [0.29, 0.717) is 37.3 Å². The summed E-state index contributed by atoms with van der Waals surface area (Å²) in [5.74, 6) is -0.212. The number of anilines is 1. The zero-order chi connectivity index (χ0) is 16.1. The van der Waals surface area contributed by atoms with Crippen LogP contribution in [0, 0.1) is 5.92 Å². The van der Waals surface area contributed by atoms with Gasteiger partial charge in [0.25, 0.3) is 5.91 Å². The van der Waals surface area contributed by atoms with E-state index in [0.717, 1.165) is 19.3 Å². The minimum Gasteiger partial charge on any atom is -0.342 e. The van der Waals surface area contributed by atoms with Crippen molar-refractivity contribution in [2.24, 2.45) is 5.92 Å². The van der Waals surface area contributed by atoms with Gasteiger partial charge in [0.05, 0.1) is 5.69 Å². The largest absolute Gasteiger partial charge is 0.342 e. The van der Waals surface area contributed by atoms with Crippen LogP contribution in [0.25, 0.3) is 0 Å². The highest BCUT2D eigenvalue weighted by Crippen LogP contribution is 2.23. The van der Waals surface area contributed by atoms with Crippen molar-refractivity contribution < 1.29 is 14.4 Å². The van der Waals surface area contributed by atoms with Crippen LogP contribution in [0.15, 0.2) is 12.3 Å². The van der Waals surface area contributed by atoms with Crippen LogP contribution in [0.5, 0.6) is 0 Å². The number of rotatable bonds is 5. The summed E-state index contributed by atoms with van der Waals surface area (Å²) < 4.78 is 1.89. The third-order valence-electron chi connectivity index (χ3n) is 3.96. The number of nitrogens with one attached hydrogen (secondary N) is 1. The molecule has 22 heavy (non-hydrogen) atoms. The van der Waals surface area contributed by atoms with E-state index in [9.17, 15) is 14.4 Å². The van der Waals surface area contributed by atoms with Gasteiger partial charge in [-0.3, -0.25) is 9.59 Å². The average Bonchev–Trinajstić information content (AvgIpc) is 2.89. The summed E-state index contributed by atoms with van der Waals surface area (Å²) in [5.41, 5.74) is 1.09. The number of hydrogen-bond acceptors (Lipinski definition) is 3. The van der Waals surface area contributed by atoms with Crippen molar-refractivity contribution in [3.63, 3.8) is 0 Å². The number of amides is 2.